The van der Waals surface area contributed by atoms with Crippen LogP contribution in [0.25, 0.3) is 0 Å². The molecule has 1 heterocycles. The van der Waals surface area contributed by atoms with Gasteiger partial charge in [-0.1, -0.05) is 19.1 Å². The molecule has 3 nitrogen and oxygen atoms in total. The Hall–Kier alpha value is -1.87. The average Bonchev–Trinajstić information content (AvgIpc) is 2.38. The fourth-order valence-corrected chi connectivity index (χ4v) is 2.11. The first-order valence-electron chi connectivity index (χ1n) is 6.58. The molecule has 1 aromatic heterocycles. The minimum atomic E-state index is 0.432. The van der Waals surface area contributed by atoms with Gasteiger partial charge in [0.25, 0.3) is 0 Å². The Labute approximate surface area is 114 Å². The van der Waals surface area contributed by atoms with Crippen molar-refractivity contribution >= 4 is 0 Å². The van der Waals surface area contributed by atoms with Gasteiger partial charge in [-0.15, -0.1) is 0 Å². The summed E-state index contributed by atoms with van der Waals surface area (Å²) in [5.41, 5.74) is 9.89. The number of rotatable bonds is 4. The van der Waals surface area contributed by atoms with E-state index < -0.39 is 0 Å². The van der Waals surface area contributed by atoms with Crippen molar-refractivity contribution in [1.29, 1.82) is 0 Å². The SMILES string of the molecule is CCc1cccc(Oc2cc(C)nc(C)c2CN)c1. The number of hydrogen-bond donors (Lipinski definition) is 1. The molecular formula is C16H20N2O. The van der Waals surface area contributed by atoms with Crippen molar-refractivity contribution in [2.75, 3.05) is 0 Å². The lowest BCUT2D eigenvalue weighted by Gasteiger charge is -2.13. The van der Waals surface area contributed by atoms with Gasteiger partial charge in [-0.25, -0.2) is 0 Å². The van der Waals surface area contributed by atoms with E-state index in [9.17, 15) is 0 Å². The summed E-state index contributed by atoms with van der Waals surface area (Å²) in [6.07, 6.45) is 0.995. The highest BCUT2D eigenvalue weighted by Crippen LogP contribution is 2.28. The summed E-state index contributed by atoms with van der Waals surface area (Å²) < 4.78 is 5.98. The van der Waals surface area contributed by atoms with Gasteiger partial charge in [0.05, 0.1) is 0 Å². The highest BCUT2D eigenvalue weighted by molar-refractivity contribution is 5.41. The fourth-order valence-electron chi connectivity index (χ4n) is 2.11. The molecule has 0 atom stereocenters. The number of aryl methyl sites for hydroxylation is 3. The Kier molecular flexibility index (Phi) is 4.17. The second kappa shape index (κ2) is 5.85. The first kappa shape index (κ1) is 13.6. The molecule has 3 heteroatoms. The van der Waals surface area contributed by atoms with Crippen molar-refractivity contribution < 1.29 is 4.74 Å². The van der Waals surface area contributed by atoms with Crippen molar-refractivity contribution in [3.63, 3.8) is 0 Å². The van der Waals surface area contributed by atoms with Crippen LogP contribution in [0.15, 0.2) is 30.3 Å². The van der Waals surface area contributed by atoms with Crippen LogP contribution in [-0.4, -0.2) is 4.98 Å². The van der Waals surface area contributed by atoms with Gasteiger partial charge >= 0.3 is 0 Å². The number of pyridine rings is 1. The minimum absolute atomic E-state index is 0.432. The molecule has 2 N–H and O–H groups in total. The second-order valence-electron chi connectivity index (χ2n) is 4.63. The maximum absolute atomic E-state index is 5.98. The molecule has 0 saturated heterocycles. The van der Waals surface area contributed by atoms with Gasteiger partial charge in [0, 0.05) is 29.6 Å². The van der Waals surface area contributed by atoms with Crippen LogP contribution in [0.2, 0.25) is 0 Å². The van der Waals surface area contributed by atoms with E-state index in [1.165, 1.54) is 5.56 Å². The van der Waals surface area contributed by atoms with E-state index in [0.29, 0.717) is 6.54 Å². The van der Waals surface area contributed by atoms with Gasteiger partial charge in [-0.05, 0) is 38.0 Å². The van der Waals surface area contributed by atoms with Gasteiger partial charge in [-0.3, -0.25) is 4.98 Å². The molecule has 0 aliphatic carbocycles. The Bertz CT molecular complexity index is 579. The molecule has 2 aromatic rings. The zero-order valence-electron chi connectivity index (χ0n) is 11.7. The molecule has 19 heavy (non-hydrogen) atoms. The van der Waals surface area contributed by atoms with Crippen LogP contribution in [0.5, 0.6) is 11.5 Å². The molecule has 2 rings (SSSR count). The molecule has 0 radical (unpaired) electrons. The molecule has 0 amide bonds. The summed E-state index contributed by atoms with van der Waals surface area (Å²) in [6, 6.07) is 10.1. The zero-order valence-corrected chi connectivity index (χ0v) is 11.7. The average molecular weight is 256 g/mol. The van der Waals surface area contributed by atoms with Gasteiger partial charge in [0.15, 0.2) is 0 Å². The highest BCUT2D eigenvalue weighted by Gasteiger charge is 2.09. The summed E-state index contributed by atoms with van der Waals surface area (Å²) in [5.74, 6) is 1.65. The van der Waals surface area contributed by atoms with Gasteiger partial charge in [-0.2, -0.15) is 0 Å². The Balaban J connectivity index is 2.36. The lowest BCUT2D eigenvalue weighted by Crippen LogP contribution is -2.05. The van der Waals surface area contributed by atoms with E-state index in [4.69, 9.17) is 10.5 Å². The maximum Gasteiger partial charge on any atom is 0.135 e. The monoisotopic (exact) mass is 256 g/mol. The van der Waals surface area contributed by atoms with Crippen molar-refractivity contribution in [3.8, 4) is 11.5 Å². The molecule has 0 aliphatic rings. The Morgan fingerprint density at radius 1 is 1.21 bits per heavy atom. The zero-order chi connectivity index (χ0) is 13.8. The normalized spacial score (nSPS) is 10.5. The molecule has 0 aliphatic heterocycles. The highest BCUT2D eigenvalue weighted by atomic mass is 16.5. The van der Waals surface area contributed by atoms with E-state index in [0.717, 1.165) is 34.9 Å². The first-order valence-corrected chi connectivity index (χ1v) is 6.58. The lowest BCUT2D eigenvalue weighted by atomic mass is 10.1. The number of aromatic nitrogens is 1. The molecule has 0 bridgehead atoms. The van der Waals surface area contributed by atoms with Gasteiger partial charge in [0.1, 0.15) is 11.5 Å². The third kappa shape index (κ3) is 3.12. The summed E-state index contributed by atoms with van der Waals surface area (Å²) >= 11 is 0. The quantitative estimate of drug-likeness (QED) is 0.910. The van der Waals surface area contributed by atoms with E-state index in [-0.39, 0.29) is 0 Å². The van der Waals surface area contributed by atoms with E-state index in [2.05, 4.69) is 24.0 Å². The molecule has 100 valence electrons. The van der Waals surface area contributed by atoms with Gasteiger partial charge in [0.2, 0.25) is 0 Å². The van der Waals surface area contributed by atoms with Crippen molar-refractivity contribution in [3.05, 3.63) is 52.8 Å². The smallest absolute Gasteiger partial charge is 0.135 e. The van der Waals surface area contributed by atoms with Crippen molar-refractivity contribution in [2.45, 2.75) is 33.7 Å². The molecular weight excluding hydrogens is 236 g/mol. The largest absolute Gasteiger partial charge is 0.457 e. The van der Waals surface area contributed by atoms with Crippen LogP contribution in [0.4, 0.5) is 0 Å². The number of ether oxygens (including phenoxy) is 1. The second-order valence-corrected chi connectivity index (χ2v) is 4.63. The van der Waals surface area contributed by atoms with Crippen molar-refractivity contribution in [1.82, 2.24) is 4.98 Å². The summed E-state index contributed by atoms with van der Waals surface area (Å²) in [5, 5.41) is 0. The molecule has 0 fully saturated rings. The molecule has 0 unspecified atom stereocenters. The molecule has 0 saturated carbocycles. The van der Waals surface area contributed by atoms with Crippen LogP contribution < -0.4 is 10.5 Å². The predicted molar refractivity (Wildman–Crippen MR) is 77.5 cm³/mol. The van der Waals surface area contributed by atoms with Crippen LogP contribution in [0.1, 0.15) is 29.4 Å². The van der Waals surface area contributed by atoms with E-state index in [1.807, 2.05) is 32.0 Å². The lowest BCUT2D eigenvalue weighted by molar-refractivity contribution is 0.473. The van der Waals surface area contributed by atoms with Crippen LogP contribution in [0, 0.1) is 13.8 Å². The molecule has 0 spiro atoms. The predicted octanol–water partition coefficient (Wildman–Crippen LogP) is 3.51. The fraction of sp³-hybridized carbons (Fsp3) is 0.312. The van der Waals surface area contributed by atoms with Crippen LogP contribution >= 0.6 is 0 Å². The molecule has 1 aromatic carbocycles. The number of benzene rings is 1. The van der Waals surface area contributed by atoms with Crippen molar-refractivity contribution in [2.24, 2.45) is 5.73 Å². The third-order valence-corrected chi connectivity index (χ3v) is 3.16. The number of nitrogens with two attached hydrogens (primary N) is 1. The number of nitrogens with zero attached hydrogens (tertiary/aromatic N) is 1. The standard InChI is InChI=1S/C16H20N2O/c1-4-13-6-5-7-14(9-13)19-16-8-11(2)18-12(3)15(16)10-17/h5-9H,4,10,17H2,1-3H3. The minimum Gasteiger partial charge on any atom is -0.457 e. The van der Waals surface area contributed by atoms with E-state index in [1.54, 1.807) is 0 Å². The summed E-state index contributed by atoms with van der Waals surface area (Å²) in [6.45, 7) is 6.49. The Morgan fingerprint density at radius 2 is 2.00 bits per heavy atom. The first-order chi connectivity index (χ1) is 9.13. The summed E-state index contributed by atoms with van der Waals surface area (Å²) in [4.78, 5) is 4.42. The summed E-state index contributed by atoms with van der Waals surface area (Å²) in [7, 11) is 0. The van der Waals surface area contributed by atoms with Gasteiger partial charge < -0.3 is 10.5 Å². The van der Waals surface area contributed by atoms with Crippen LogP contribution in [-0.2, 0) is 13.0 Å². The van der Waals surface area contributed by atoms with Crippen LogP contribution in [0.3, 0.4) is 0 Å². The van der Waals surface area contributed by atoms with E-state index >= 15 is 0 Å². The number of hydrogen-bond acceptors (Lipinski definition) is 3. The Morgan fingerprint density at radius 3 is 2.68 bits per heavy atom. The topological polar surface area (TPSA) is 48.1 Å². The third-order valence-electron chi connectivity index (χ3n) is 3.16. The maximum atomic E-state index is 5.98.